The molecule has 0 aliphatic carbocycles. The van der Waals surface area contributed by atoms with E-state index >= 15 is 0 Å². The van der Waals surface area contributed by atoms with Gasteiger partial charge in [0.15, 0.2) is 18.1 Å². The molecule has 0 aliphatic heterocycles. The highest BCUT2D eigenvalue weighted by molar-refractivity contribution is 5.75. The number of carbonyl (C=O) groups is 1. The highest BCUT2D eigenvalue weighted by Gasteiger charge is 2.29. The normalized spacial score (nSPS) is 11.2. The first kappa shape index (κ1) is 19.1. The van der Waals surface area contributed by atoms with Crippen LogP contribution in [0, 0.1) is 0 Å². The highest BCUT2D eigenvalue weighted by Crippen LogP contribution is 2.29. The number of nitrogens with one attached hydrogen (secondary N) is 2. The molecule has 23 heavy (non-hydrogen) atoms. The van der Waals surface area contributed by atoms with Gasteiger partial charge in [0.05, 0.1) is 7.11 Å². The van der Waals surface area contributed by atoms with Crippen LogP contribution in [-0.4, -0.2) is 39.4 Å². The average Bonchev–Trinajstić information content (AvgIpc) is 2.50. The molecule has 0 bridgehead atoms. The molecule has 1 rings (SSSR count). The molecule has 1 amide bonds. The summed E-state index contributed by atoms with van der Waals surface area (Å²) in [6.07, 6.45) is -3.27. The summed E-state index contributed by atoms with van der Waals surface area (Å²) in [5.74, 6) is 0.113. The molecule has 5 nitrogen and oxygen atoms in total. The van der Waals surface area contributed by atoms with Gasteiger partial charge in [0.2, 0.25) is 5.91 Å². The van der Waals surface area contributed by atoms with Crippen molar-refractivity contribution in [1.82, 2.24) is 10.6 Å². The molecule has 2 N–H and O–H groups in total. The lowest BCUT2D eigenvalue weighted by molar-refractivity contribution is -0.153. The van der Waals surface area contributed by atoms with E-state index in [9.17, 15) is 18.0 Å². The summed E-state index contributed by atoms with van der Waals surface area (Å²) in [6.45, 7) is -0.355. The van der Waals surface area contributed by atoms with Gasteiger partial charge in [-0.05, 0) is 37.7 Å². The van der Waals surface area contributed by atoms with Gasteiger partial charge in [-0.1, -0.05) is 6.07 Å². The van der Waals surface area contributed by atoms with Gasteiger partial charge in [0.25, 0.3) is 0 Å². The van der Waals surface area contributed by atoms with E-state index in [2.05, 4.69) is 10.6 Å². The Morgan fingerprint density at radius 1 is 1.26 bits per heavy atom. The Bertz CT molecular complexity index is 507. The zero-order valence-corrected chi connectivity index (χ0v) is 13.1. The van der Waals surface area contributed by atoms with Crippen molar-refractivity contribution in [1.29, 1.82) is 0 Å². The van der Waals surface area contributed by atoms with Crippen LogP contribution in [0.25, 0.3) is 0 Å². The summed E-state index contributed by atoms with van der Waals surface area (Å²) in [5.41, 5.74) is 0.711. The van der Waals surface area contributed by atoms with E-state index in [0.717, 1.165) is 13.0 Å². The van der Waals surface area contributed by atoms with Crippen molar-refractivity contribution < 1.29 is 27.4 Å². The van der Waals surface area contributed by atoms with Crippen molar-refractivity contribution in [3.63, 3.8) is 0 Å². The number of hydrogen-bond acceptors (Lipinski definition) is 4. The molecule has 0 spiro atoms. The first-order valence-corrected chi connectivity index (χ1v) is 7.13. The summed E-state index contributed by atoms with van der Waals surface area (Å²) in [6, 6.07) is 4.52. The predicted octanol–water partition coefficient (Wildman–Crippen LogP) is 2.25. The van der Waals surface area contributed by atoms with E-state index in [4.69, 9.17) is 9.47 Å². The Balaban J connectivity index is 2.56. The Morgan fingerprint density at radius 2 is 2.00 bits per heavy atom. The third-order valence-corrected chi connectivity index (χ3v) is 2.94. The van der Waals surface area contributed by atoms with E-state index in [0.29, 0.717) is 12.0 Å². The minimum atomic E-state index is -4.41. The minimum absolute atomic E-state index is 0.00826. The van der Waals surface area contributed by atoms with E-state index in [-0.39, 0.29) is 24.0 Å². The summed E-state index contributed by atoms with van der Waals surface area (Å²) in [5, 5.41) is 5.69. The van der Waals surface area contributed by atoms with Crippen LogP contribution >= 0.6 is 0 Å². The van der Waals surface area contributed by atoms with Crippen LogP contribution in [0.4, 0.5) is 13.2 Å². The number of ether oxygens (including phenoxy) is 2. The standard InChI is InChI=1S/C15H21F3N2O3/c1-19-7-3-4-14(21)20-9-11-5-6-12(13(8-11)22-2)23-10-15(16,17)18/h5-6,8,19H,3-4,7,9-10H2,1-2H3,(H,20,21). The minimum Gasteiger partial charge on any atom is -0.493 e. The molecule has 0 atom stereocenters. The second-order valence-corrected chi connectivity index (χ2v) is 4.87. The average molecular weight is 334 g/mol. The number of hydrogen-bond donors (Lipinski definition) is 2. The molecule has 0 unspecified atom stereocenters. The van der Waals surface area contributed by atoms with Crippen LogP contribution in [0.1, 0.15) is 18.4 Å². The van der Waals surface area contributed by atoms with Gasteiger partial charge >= 0.3 is 6.18 Å². The van der Waals surface area contributed by atoms with Gasteiger partial charge in [-0.15, -0.1) is 0 Å². The van der Waals surface area contributed by atoms with Gasteiger partial charge in [-0.25, -0.2) is 0 Å². The van der Waals surface area contributed by atoms with Gasteiger partial charge in [0.1, 0.15) is 0 Å². The third-order valence-electron chi connectivity index (χ3n) is 2.94. The highest BCUT2D eigenvalue weighted by atomic mass is 19.4. The lowest BCUT2D eigenvalue weighted by Crippen LogP contribution is -2.23. The van der Waals surface area contributed by atoms with Crippen molar-refractivity contribution in [2.75, 3.05) is 27.3 Å². The number of alkyl halides is 3. The molecule has 0 aromatic heterocycles. The lowest BCUT2D eigenvalue weighted by Gasteiger charge is -2.14. The van der Waals surface area contributed by atoms with Crippen molar-refractivity contribution in [3.05, 3.63) is 23.8 Å². The van der Waals surface area contributed by atoms with Crippen LogP contribution in [-0.2, 0) is 11.3 Å². The smallest absolute Gasteiger partial charge is 0.422 e. The molecular formula is C15H21F3N2O3. The fourth-order valence-electron chi connectivity index (χ4n) is 1.82. The molecular weight excluding hydrogens is 313 g/mol. The second kappa shape index (κ2) is 9.24. The predicted molar refractivity (Wildman–Crippen MR) is 79.6 cm³/mol. The molecule has 0 saturated heterocycles. The first-order chi connectivity index (χ1) is 10.9. The number of rotatable bonds is 9. The molecule has 1 aromatic rings. The third kappa shape index (κ3) is 7.73. The van der Waals surface area contributed by atoms with Gasteiger partial charge in [-0.2, -0.15) is 13.2 Å². The molecule has 8 heteroatoms. The lowest BCUT2D eigenvalue weighted by atomic mass is 10.2. The fourth-order valence-corrected chi connectivity index (χ4v) is 1.82. The topological polar surface area (TPSA) is 59.6 Å². The van der Waals surface area contributed by atoms with Gasteiger partial charge in [-0.3, -0.25) is 4.79 Å². The van der Waals surface area contributed by atoms with Crippen molar-refractivity contribution in [2.45, 2.75) is 25.6 Å². The fraction of sp³-hybridized carbons (Fsp3) is 0.533. The maximum absolute atomic E-state index is 12.2. The van der Waals surface area contributed by atoms with Gasteiger partial charge in [0, 0.05) is 13.0 Å². The van der Waals surface area contributed by atoms with Crippen molar-refractivity contribution in [3.8, 4) is 11.5 Å². The Morgan fingerprint density at radius 3 is 2.61 bits per heavy atom. The molecule has 0 aliphatic rings. The Labute approximate surface area is 133 Å². The SMILES string of the molecule is CNCCCC(=O)NCc1ccc(OCC(F)(F)F)c(OC)c1. The summed E-state index contributed by atoms with van der Waals surface area (Å²) in [4.78, 5) is 11.6. The largest absolute Gasteiger partial charge is 0.493 e. The molecule has 0 fully saturated rings. The zero-order chi connectivity index (χ0) is 17.3. The van der Waals surface area contributed by atoms with Crippen molar-refractivity contribution in [2.24, 2.45) is 0 Å². The number of methoxy groups -OCH3 is 1. The maximum Gasteiger partial charge on any atom is 0.422 e. The van der Waals surface area contributed by atoms with E-state index < -0.39 is 12.8 Å². The van der Waals surface area contributed by atoms with Crippen LogP contribution in [0.3, 0.4) is 0 Å². The van der Waals surface area contributed by atoms with E-state index in [1.54, 1.807) is 12.1 Å². The number of benzene rings is 1. The number of amides is 1. The Hall–Kier alpha value is -1.96. The molecule has 0 saturated carbocycles. The monoisotopic (exact) mass is 334 g/mol. The summed E-state index contributed by atoms with van der Waals surface area (Å²) < 4.78 is 46.2. The zero-order valence-electron chi connectivity index (χ0n) is 13.1. The molecule has 0 radical (unpaired) electrons. The Kier molecular flexibility index (Phi) is 7.67. The van der Waals surface area contributed by atoms with Crippen LogP contribution in [0.2, 0.25) is 0 Å². The molecule has 130 valence electrons. The molecule has 1 aromatic carbocycles. The van der Waals surface area contributed by atoms with E-state index in [1.165, 1.54) is 13.2 Å². The van der Waals surface area contributed by atoms with Crippen LogP contribution < -0.4 is 20.1 Å². The maximum atomic E-state index is 12.2. The number of halogens is 3. The van der Waals surface area contributed by atoms with Crippen LogP contribution in [0.15, 0.2) is 18.2 Å². The first-order valence-electron chi connectivity index (χ1n) is 7.13. The number of carbonyl (C=O) groups excluding carboxylic acids is 1. The van der Waals surface area contributed by atoms with Gasteiger partial charge < -0.3 is 20.1 Å². The summed E-state index contributed by atoms with van der Waals surface area (Å²) in [7, 11) is 3.16. The van der Waals surface area contributed by atoms with Crippen molar-refractivity contribution >= 4 is 5.91 Å². The second-order valence-electron chi connectivity index (χ2n) is 4.87. The van der Waals surface area contributed by atoms with Crippen LogP contribution in [0.5, 0.6) is 11.5 Å². The quantitative estimate of drug-likeness (QED) is 0.680. The molecule has 0 heterocycles. The van der Waals surface area contributed by atoms with E-state index in [1.807, 2.05) is 7.05 Å². The summed E-state index contributed by atoms with van der Waals surface area (Å²) >= 11 is 0.